The van der Waals surface area contributed by atoms with Crippen LogP contribution in [0.4, 0.5) is 10.1 Å². The monoisotopic (exact) mass is 274 g/mol. The van der Waals surface area contributed by atoms with Gasteiger partial charge in [0.1, 0.15) is 11.9 Å². The van der Waals surface area contributed by atoms with E-state index in [9.17, 15) is 9.18 Å². The average Bonchev–Trinajstić information content (AvgIpc) is 2.34. The van der Waals surface area contributed by atoms with E-state index in [1.807, 2.05) is 0 Å². The highest BCUT2D eigenvalue weighted by molar-refractivity contribution is 5.95. The topological polar surface area (TPSA) is 50.4 Å². The Hall–Kier alpha value is -1.17. The molecule has 0 bridgehead atoms. The highest BCUT2D eigenvalue weighted by Crippen LogP contribution is 2.16. The zero-order valence-corrected chi connectivity index (χ0v) is 10.8. The highest BCUT2D eigenvalue weighted by Gasteiger charge is 2.22. The number of rotatable bonds is 2. The first kappa shape index (κ1) is 14.9. The van der Waals surface area contributed by atoms with E-state index >= 15 is 0 Å². The fraction of sp³-hybridized carbons (Fsp3) is 0.417. The van der Waals surface area contributed by atoms with Crippen molar-refractivity contribution < 1.29 is 13.9 Å². The van der Waals surface area contributed by atoms with Crippen LogP contribution in [0.2, 0.25) is 0 Å². The van der Waals surface area contributed by atoms with E-state index in [0.29, 0.717) is 24.4 Å². The van der Waals surface area contributed by atoms with Gasteiger partial charge in [0.25, 0.3) is 5.91 Å². The average molecular weight is 275 g/mol. The Kier molecular flexibility index (Phi) is 5.53. The Balaban J connectivity index is 0.00000162. The van der Waals surface area contributed by atoms with Crippen LogP contribution in [0.1, 0.15) is 5.56 Å². The van der Waals surface area contributed by atoms with E-state index in [-0.39, 0.29) is 24.1 Å². The standard InChI is InChI=1S/C12H15FN2O2.ClH/c1-8-6-9(13)2-3-10(8)15-12(16)11-7-14-4-5-17-11;/h2-3,6,11,14H,4-5,7H2,1H3,(H,15,16);1H. The van der Waals surface area contributed by atoms with Gasteiger partial charge in [-0.1, -0.05) is 0 Å². The summed E-state index contributed by atoms with van der Waals surface area (Å²) in [6.07, 6.45) is -0.479. The smallest absolute Gasteiger partial charge is 0.254 e. The number of amides is 1. The number of nitrogens with one attached hydrogen (secondary N) is 2. The fourth-order valence-corrected chi connectivity index (χ4v) is 1.71. The van der Waals surface area contributed by atoms with Crippen LogP contribution in [0, 0.1) is 12.7 Å². The number of ether oxygens (including phenoxy) is 1. The Morgan fingerprint density at radius 2 is 2.33 bits per heavy atom. The van der Waals surface area contributed by atoms with E-state index in [1.54, 1.807) is 13.0 Å². The largest absolute Gasteiger partial charge is 0.366 e. The lowest BCUT2D eigenvalue weighted by molar-refractivity contribution is -0.128. The van der Waals surface area contributed by atoms with Crippen molar-refractivity contribution in [1.29, 1.82) is 0 Å². The second-order valence-corrected chi connectivity index (χ2v) is 4.01. The fourth-order valence-electron chi connectivity index (χ4n) is 1.71. The molecule has 0 aromatic heterocycles. The first-order valence-corrected chi connectivity index (χ1v) is 5.56. The molecule has 0 aliphatic carbocycles. The lowest BCUT2D eigenvalue weighted by Gasteiger charge is -2.23. The number of anilines is 1. The van der Waals surface area contributed by atoms with Crippen LogP contribution in [0.25, 0.3) is 0 Å². The number of hydrogen-bond acceptors (Lipinski definition) is 3. The number of hydrogen-bond donors (Lipinski definition) is 2. The van der Waals surface area contributed by atoms with Crippen molar-refractivity contribution in [3.8, 4) is 0 Å². The zero-order valence-electron chi connectivity index (χ0n) is 10.0. The Morgan fingerprint density at radius 1 is 1.56 bits per heavy atom. The minimum Gasteiger partial charge on any atom is -0.366 e. The predicted molar refractivity (Wildman–Crippen MR) is 69.6 cm³/mol. The zero-order chi connectivity index (χ0) is 12.3. The summed E-state index contributed by atoms with van der Waals surface area (Å²) in [4.78, 5) is 11.8. The lowest BCUT2D eigenvalue weighted by Crippen LogP contribution is -2.45. The molecule has 0 radical (unpaired) electrons. The third-order valence-electron chi connectivity index (χ3n) is 2.67. The van der Waals surface area contributed by atoms with Gasteiger partial charge >= 0.3 is 0 Å². The van der Waals surface area contributed by atoms with E-state index in [4.69, 9.17) is 4.74 Å². The van der Waals surface area contributed by atoms with Gasteiger partial charge in [-0.2, -0.15) is 0 Å². The van der Waals surface area contributed by atoms with Crippen LogP contribution in [0.5, 0.6) is 0 Å². The van der Waals surface area contributed by atoms with Gasteiger partial charge in [0.2, 0.25) is 0 Å². The van der Waals surface area contributed by atoms with Crippen molar-refractivity contribution in [2.75, 3.05) is 25.0 Å². The minimum atomic E-state index is -0.479. The number of halogens is 2. The van der Waals surface area contributed by atoms with Crippen molar-refractivity contribution in [2.45, 2.75) is 13.0 Å². The lowest BCUT2D eigenvalue weighted by atomic mass is 10.2. The number of morpholine rings is 1. The summed E-state index contributed by atoms with van der Waals surface area (Å²) in [6.45, 7) is 3.55. The van der Waals surface area contributed by atoms with Gasteiger partial charge in [-0.3, -0.25) is 4.79 Å². The molecule has 2 rings (SSSR count). The van der Waals surface area contributed by atoms with Crippen molar-refractivity contribution in [3.63, 3.8) is 0 Å². The maximum atomic E-state index is 12.9. The maximum absolute atomic E-state index is 12.9. The molecule has 0 saturated carbocycles. The molecule has 6 heteroatoms. The maximum Gasteiger partial charge on any atom is 0.254 e. The molecular weight excluding hydrogens is 259 g/mol. The molecule has 1 aliphatic rings. The molecule has 1 aromatic rings. The molecule has 1 aromatic carbocycles. The highest BCUT2D eigenvalue weighted by atomic mass is 35.5. The van der Waals surface area contributed by atoms with Crippen molar-refractivity contribution in [1.82, 2.24) is 5.32 Å². The first-order valence-electron chi connectivity index (χ1n) is 5.56. The van der Waals surface area contributed by atoms with E-state index < -0.39 is 6.10 Å². The molecule has 0 spiro atoms. The molecule has 1 heterocycles. The number of benzene rings is 1. The van der Waals surface area contributed by atoms with Gasteiger partial charge in [-0.15, -0.1) is 12.4 Å². The third-order valence-corrected chi connectivity index (χ3v) is 2.67. The van der Waals surface area contributed by atoms with Crippen LogP contribution in [-0.2, 0) is 9.53 Å². The second-order valence-electron chi connectivity index (χ2n) is 4.01. The molecule has 1 aliphatic heterocycles. The van der Waals surface area contributed by atoms with Gasteiger partial charge in [0, 0.05) is 18.8 Å². The summed E-state index contributed by atoms with van der Waals surface area (Å²) < 4.78 is 18.2. The predicted octanol–water partition coefficient (Wildman–Crippen LogP) is 1.48. The minimum absolute atomic E-state index is 0. The van der Waals surface area contributed by atoms with Gasteiger partial charge in [0.15, 0.2) is 0 Å². The molecule has 18 heavy (non-hydrogen) atoms. The Labute approximate surface area is 111 Å². The molecule has 1 saturated heterocycles. The summed E-state index contributed by atoms with van der Waals surface area (Å²) in [7, 11) is 0. The van der Waals surface area contributed by atoms with E-state index in [2.05, 4.69) is 10.6 Å². The molecule has 1 atom stereocenters. The van der Waals surface area contributed by atoms with E-state index in [0.717, 1.165) is 6.54 Å². The van der Waals surface area contributed by atoms with Crippen LogP contribution in [0.3, 0.4) is 0 Å². The van der Waals surface area contributed by atoms with Crippen molar-refractivity contribution in [2.24, 2.45) is 0 Å². The summed E-state index contributed by atoms with van der Waals surface area (Å²) >= 11 is 0. The van der Waals surface area contributed by atoms with Crippen molar-refractivity contribution >= 4 is 24.0 Å². The Bertz CT molecular complexity index is 423. The molecule has 1 unspecified atom stereocenters. The molecule has 1 fully saturated rings. The van der Waals surface area contributed by atoms with Crippen LogP contribution >= 0.6 is 12.4 Å². The van der Waals surface area contributed by atoms with Gasteiger partial charge < -0.3 is 15.4 Å². The molecule has 2 N–H and O–H groups in total. The van der Waals surface area contributed by atoms with Crippen LogP contribution in [0.15, 0.2) is 18.2 Å². The summed E-state index contributed by atoms with van der Waals surface area (Å²) in [5, 5.41) is 5.82. The first-order chi connectivity index (χ1) is 8.16. The van der Waals surface area contributed by atoms with Crippen LogP contribution in [-0.4, -0.2) is 31.7 Å². The van der Waals surface area contributed by atoms with Gasteiger partial charge in [0.05, 0.1) is 6.61 Å². The molecule has 1 amide bonds. The van der Waals surface area contributed by atoms with Crippen LogP contribution < -0.4 is 10.6 Å². The SMILES string of the molecule is Cc1cc(F)ccc1NC(=O)C1CNCCO1.Cl. The second kappa shape index (κ2) is 6.68. The summed E-state index contributed by atoms with van der Waals surface area (Å²) in [5.41, 5.74) is 1.31. The van der Waals surface area contributed by atoms with Crippen molar-refractivity contribution in [3.05, 3.63) is 29.6 Å². The third kappa shape index (κ3) is 3.66. The summed E-state index contributed by atoms with van der Waals surface area (Å²) in [6, 6.07) is 4.26. The summed E-state index contributed by atoms with van der Waals surface area (Å²) in [5.74, 6) is -0.511. The molecule has 4 nitrogen and oxygen atoms in total. The molecule has 100 valence electrons. The normalized spacial score (nSPS) is 18.9. The number of carbonyl (C=O) groups is 1. The quantitative estimate of drug-likeness (QED) is 0.859. The van der Waals surface area contributed by atoms with Gasteiger partial charge in [-0.05, 0) is 30.7 Å². The number of carbonyl (C=O) groups excluding carboxylic acids is 1. The Morgan fingerprint density at radius 3 is 2.94 bits per heavy atom. The number of aryl methyl sites for hydroxylation is 1. The van der Waals surface area contributed by atoms with E-state index in [1.165, 1.54) is 12.1 Å². The van der Waals surface area contributed by atoms with Gasteiger partial charge in [-0.25, -0.2) is 4.39 Å². The molecular formula is C12H16ClFN2O2.